The van der Waals surface area contributed by atoms with Crippen molar-refractivity contribution in [1.82, 2.24) is 9.14 Å². The minimum atomic E-state index is 1.15. The van der Waals surface area contributed by atoms with Gasteiger partial charge in [-0.3, -0.25) is 0 Å². The number of rotatable bonds is 5. The van der Waals surface area contributed by atoms with Gasteiger partial charge >= 0.3 is 0 Å². The molecule has 2 nitrogen and oxygen atoms in total. The predicted octanol–water partition coefficient (Wildman–Crippen LogP) is 11.5. The number of hydrogen-bond acceptors (Lipinski definition) is 1. The van der Waals surface area contributed by atoms with Crippen LogP contribution in [-0.4, -0.2) is 4.57 Å². The number of aromatic nitrogens is 1. The van der Waals surface area contributed by atoms with Crippen molar-refractivity contribution in [1.29, 1.82) is 0 Å². The van der Waals surface area contributed by atoms with Crippen molar-refractivity contribution in [2.75, 3.05) is 0 Å². The summed E-state index contributed by atoms with van der Waals surface area (Å²) >= 11 is 1.87. The Balaban J connectivity index is 0.966. The standard InChI is InChI=1S/C49H31N2S/c1-2-10-34(11-3-1)49-42-14-5-8-16-45(42)51(49)38-26-20-33(21-27-38)32-18-24-37(25-19-32)50-44-15-7-4-12-39(44)40-28-22-36(31-46(40)50)35-23-29-48-43(30-35)41-13-6-9-17-47(41)52-48/h1-31H/q+1. The van der Waals surface area contributed by atoms with Crippen LogP contribution in [0.4, 0.5) is 5.69 Å². The molecule has 1 aliphatic heterocycles. The summed E-state index contributed by atoms with van der Waals surface area (Å²) in [5.74, 6) is 0. The fourth-order valence-electron chi connectivity index (χ4n) is 8.15. The molecule has 1 aliphatic rings. The lowest BCUT2D eigenvalue weighted by atomic mass is 10.0. The van der Waals surface area contributed by atoms with Gasteiger partial charge in [0.15, 0.2) is 0 Å². The molecule has 0 spiro atoms. The average Bonchev–Trinajstić information content (AvgIpc) is 3.74. The van der Waals surface area contributed by atoms with E-state index in [2.05, 4.69) is 197 Å². The largest absolute Gasteiger partial charge is 0.309 e. The van der Waals surface area contributed by atoms with Crippen LogP contribution in [0.15, 0.2) is 188 Å². The maximum atomic E-state index is 2.42. The number of hydrogen-bond donors (Lipinski definition) is 0. The second-order valence-electron chi connectivity index (χ2n) is 13.6. The summed E-state index contributed by atoms with van der Waals surface area (Å²) in [7, 11) is 0. The fraction of sp³-hybridized carbons (Fsp3) is 0. The lowest BCUT2D eigenvalue weighted by molar-refractivity contribution is 0.910. The van der Waals surface area contributed by atoms with Gasteiger partial charge in [0.1, 0.15) is 5.22 Å². The molecule has 2 aromatic heterocycles. The van der Waals surface area contributed by atoms with E-state index in [1.807, 2.05) is 11.3 Å². The summed E-state index contributed by atoms with van der Waals surface area (Å²) in [4.78, 5) is 0. The van der Waals surface area contributed by atoms with Crippen LogP contribution < -0.4 is 15.2 Å². The molecule has 11 rings (SSSR count). The zero-order chi connectivity index (χ0) is 34.2. The molecule has 0 aliphatic carbocycles. The molecule has 0 unspecified atom stereocenters. The van der Waals surface area contributed by atoms with E-state index in [0.717, 1.165) is 5.69 Å². The number of benzene rings is 8. The van der Waals surface area contributed by atoms with E-state index in [1.54, 1.807) is 0 Å². The third kappa shape index (κ3) is 4.46. The van der Waals surface area contributed by atoms with Gasteiger partial charge in [-0.2, -0.15) is 4.58 Å². The number of fused-ring (bicyclic) bond motifs is 7. The second kappa shape index (κ2) is 11.5. The van der Waals surface area contributed by atoms with Gasteiger partial charge in [0.05, 0.1) is 11.0 Å². The Morgan fingerprint density at radius 3 is 1.85 bits per heavy atom. The van der Waals surface area contributed by atoms with Crippen LogP contribution in [0.25, 0.3) is 75.6 Å². The van der Waals surface area contributed by atoms with Crippen LogP contribution in [0.5, 0.6) is 0 Å². The van der Waals surface area contributed by atoms with Crippen LogP contribution in [0.3, 0.4) is 0 Å². The Morgan fingerprint density at radius 2 is 1.00 bits per heavy atom. The third-order valence-electron chi connectivity index (χ3n) is 10.6. The maximum Gasteiger partial charge on any atom is 0.232 e. The van der Waals surface area contributed by atoms with Crippen molar-refractivity contribution in [2.45, 2.75) is 0 Å². The van der Waals surface area contributed by atoms with E-state index in [1.165, 1.54) is 91.8 Å². The topological polar surface area (TPSA) is 7.94 Å². The highest BCUT2D eigenvalue weighted by Crippen LogP contribution is 2.39. The van der Waals surface area contributed by atoms with Crippen LogP contribution in [0, 0.1) is 0 Å². The Hall–Kier alpha value is -6.55. The van der Waals surface area contributed by atoms with Gasteiger partial charge in [-0.05, 0) is 95.1 Å². The highest BCUT2D eigenvalue weighted by atomic mass is 32.1. The molecule has 0 N–H and O–H groups in total. The smallest absolute Gasteiger partial charge is 0.232 e. The molecule has 0 saturated heterocycles. The van der Waals surface area contributed by atoms with Crippen molar-refractivity contribution in [2.24, 2.45) is 0 Å². The van der Waals surface area contributed by atoms with E-state index < -0.39 is 0 Å². The molecule has 242 valence electrons. The molecule has 3 heterocycles. The number of thiophene rings is 1. The maximum absolute atomic E-state index is 2.42. The first kappa shape index (κ1) is 29.2. The second-order valence-corrected chi connectivity index (χ2v) is 14.6. The van der Waals surface area contributed by atoms with Crippen molar-refractivity contribution >= 4 is 64.7 Å². The van der Waals surface area contributed by atoms with E-state index in [9.17, 15) is 0 Å². The molecular weight excluding hydrogens is 649 g/mol. The summed E-state index contributed by atoms with van der Waals surface area (Å²) in [6.45, 7) is 0. The first-order valence-corrected chi connectivity index (χ1v) is 18.6. The first-order chi connectivity index (χ1) is 25.8. The quantitative estimate of drug-likeness (QED) is 0.160. The highest BCUT2D eigenvalue weighted by Gasteiger charge is 2.29. The Labute approximate surface area is 304 Å². The van der Waals surface area contributed by atoms with E-state index in [0.29, 0.717) is 0 Å². The molecular formula is C49H31N2S+. The Bertz CT molecular complexity index is 3150. The molecule has 0 amide bonds. The minimum Gasteiger partial charge on any atom is -0.309 e. The lowest BCUT2D eigenvalue weighted by Gasteiger charge is -2.14. The van der Waals surface area contributed by atoms with Crippen molar-refractivity contribution in [3.8, 4) is 27.9 Å². The zero-order valence-corrected chi connectivity index (χ0v) is 29.0. The third-order valence-corrected chi connectivity index (χ3v) is 11.8. The van der Waals surface area contributed by atoms with Gasteiger partial charge in [-0.25, -0.2) is 0 Å². The summed E-state index contributed by atoms with van der Waals surface area (Å²) in [6.07, 6.45) is 0. The van der Waals surface area contributed by atoms with Crippen molar-refractivity contribution in [3.63, 3.8) is 0 Å². The molecule has 8 aromatic carbocycles. The van der Waals surface area contributed by atoms with Crippen LogP contribution in [0.1, 0.15) is 5.56 Å². The first-order valence-electron chi connectivity index (χ1n) is 17.8. The van der Waals surface area contributed by atoms with Gasteiger partial charge in [0.2, 0.25) is 16.7 Å². The zero-order valence-electron chi connectivity index (χ0n) is 28.2. The minimum absolute atomic E-state index is 1.15. The molecule has 0 radical (unpaired) electrons. The summed E-state index contributed by atoms with van der Waals surface area (Å²) in [5, 5.41) is 7.72. The average molecular weight is 680 g/mol. The van der Waals surface area contributed by atoms with Gasteiger partial charge in [0, 0.05) is 60.4 Å². The fourth-order valence-corrected chi connectivity index (χ4v) is 9.23. The van der Waals surface area contributed by atoms with Gasteiger partial charge in [-0.1, -0.05) is 97.1 Å². The molecule has 0 atom stereocenters. The van der Waals surface area contributed by atoms with Crippen molar-refractivity contribution in [3.05, 3.63) is 204 Å². The van der Waals surface area contributed by atoms with E-state index in [4.69, 9.17) is 0 Å². The molecule has 52 heavy (non-hydrogen) atoms. The molecule has 10 aromatic rings. The SMILES string of the molecule is c1ccc(C2=c3ccccc3=[N+]2c2ccc(-c3ccc(-n4c5ccccc5c5ccc(-c6ccc7sc8ccccc8c7c6)cc54)cc3)cc2)cc1. The summed E-state index contributed by atoms with van der Waals surface area (Å²) in [6, 6.07) is 68.7. The number of para-hydroxylation sites is 2. The van der Waals surface area contributed by atoms with Crippen LogP contribution in [-0.2, 0) is 0 Å². The van der Waals surface area contributed by atoms with E-state index >= 15 is 0 Å². The Morgan fingerprint density at radius 1 is 0.385 bits per heavy atom. The monoisotopic (exact) mass is 679 g/mol. The van der Waals surface area contributed by atoms with Crippen molar-refractivity contribution < 1.29 is 0 Å². The Kier molecular flexibility index (Phi) is 6.46. The van der Waals surface area contributed by atoms with Gasteiger partial charge < -0.3 is 4.57 Å². The molecule has 0 fully saturated rings. The van der Waals surface area contributed by atoms with Crippen LogP contribution in [0.2, 0.25) is 0 Å². The highest BCUT2D eigenvalue weighted by molar-refractivity contribution is 7.25. The number of nitrogens with zero attached hydrogens (tertiary/aromatic N) is 2. The van der Waals surface area contributed by atoms with Gasteiger partial charge in [-0.15, -0.1) is 11.3 Å². The normalized spacial score (nSPS) is 12.5. The van der Waals surface area contributed by atoms with Crippen LogP contribution >= 0.6 is 11.3 Å². The summed E-state index contributed by atoms with van der Waals surface area (Å²) < 4.78 is 7.45. The van der Waals surface area contributed by atoms with Gasteiger partial charge in [0.25, 0.3) is 0 Å². The summed E-state index contributed by atoms with van der Waals surface area (Å²) in [5.41, 5.74) is 12.1. The molecule has 0 bridgehead atoms. The van der Waals surface area contributed by atoms with E-state index in [-0.39, 0.29) is 0 Å². The predicted molar refractivity (Wildman–Crippen MR) is 220 cm³/mol. The molecule has 0 saturated carbocycles. The molecule has 3 heteroatoms. The lowest BCUT2D eigenvalue weighted by Crippen LogP contribution is -2.49.